The number of amides is 1. The summed E-state index contributed by atoms with van der Waals surface area (Å²) in [6, 6.07) is 27.2. The third-order valence-electron chi connectivity index (χ3n) is 5.58. The molecule has 0 saturated heterocycles. The molecular formula is C27H23N5O. The molecule has 0 aliphatic carbocycles. The van der Waals surface area contributed by atoms with E-state index >= 15 is 0 Å². The average molecular weight is 434 g/mol. The SMILES string of the molecule is CC(NC(=O)c1cc(-c2ccccc2)nc2c1cnn2Cc1ccccc1)c1ccccn1. The largest absolute Gasteiger partial charge is 0.344 e. The van der Waals surface area contributed by atoms with Crippen molar-refractivity contribution in [3.05, 3.63) is 114 Å². The molecule has 3 heterocycles. The lowest BCUT2D eigenvalue weighted by Crippen LogP contribution is -2.27. The number of nitrogens with zero attached hydrogens (tertiary/aromatic N) is 4. The zero-order chi connectivity index (χ0) is 22.6. The number of carbonyl (C=O) groups excluding carboxylic acids is 1. The number of rotatable bonds is 6. The molecular weight excluding hydrogens is 410 g/mol. The zero-order valence-electron chi connectivity index (χ0n) is 18.2. The van der Waals surface area contributed by atoms with Crippen LogP contribution in [0.1, 0.15) is 34.6 Å². The Morgan fingerprint density at radius 3 is 2.42 bits per heavy atom. The van der Waals surface area contributed by atoms with Crippen LogP contribution in [-0.4, -0.2) is 25.7 Å². The lowest BCUT2D eigenvalue weighted by atomic mass is 10.1. The van der Waals surface area contributed by atoms with E-state index in [-0.39, 0.29) is 11.9 Å². The Kier molecular flexibility index (Phi) is 5.64. The summed E-state index contributed by atoms with van der Waals surface area (Å²) in [6.45, 7) is 2.50. The fourth-order valence-electron chi connectivity index (χ4n) is 3.84. The number of pyridine rings is 2. The van der Waals surface area contributed by atoms with Crippen molar-refractivity contribution in [1.82, 2.24) is 25.1 Å². The van der Waals surface area contributed by atoms with Gasteiger partial charge in [0.1, 0.15) is 0 Å². The van der Waals surface area contributed by atoms with E-state index in [9.17, 15) is 4.79 Å². The quantitative estimate of drug-likeness (QED) is 0.408. The molecule has 5 aromatic rings. The molecule has 0 saturated carbocycles. The Bertz CT molecular complexity index is 1380. The summed E-state index contributed by atoms with van der Waals surface area (Å²) in [4.78, 5) is 22.6. The molecule has 1 amide bonds. The summed E-state index contributed by atoms with van der Waals surface area (Å²) in [5.74, 6) is -0.183. The van der Waals surface area contributed by atoms with Crippen molar-refractivity contribution in [2.24, 2.45) is 0 Å². The van der Waals surface area contributed by atoms with Crippen molar-refractivity contribution in [2.45, 2.75) is 19.5 Å². The Morgan fingerprint density at radius 1 is 0.970 bits per heavy atom. The molecule has 0 fully saturated rings. The van der Waals surface area contributed by atoms with Gasteiger partial charge in [0, 0.05) is 11.8 Å². The van der Waals surface area contributed by atoms with Crippen LogP contribution < -0.4 is 5.32 Å². The smallest absolute Gasteiger partial charge is 0.252 e. The Balaban J connectivity index is 1.57. The second-order valence-corrected chi connectivity index (χ2v) is 7.90. The van der Waals surface area contributed by atoms with Gasteiger partial charge in [0.15, 0.2) is 5.65 Å². The molecule has 2 aromatic carbocycles. The summed E-state index contributed by atoms with van der Waals surface area (Å²) in [5.41, 5.74) is 4.81. The second kappa shape index (κ2) is 9.04. The van der Waals surface area contributed by atoms with E-state index in [2.05, 4.69) is 27.5 Å². The van der Waals surface area contributed by atoms with Gasteiger partial charge in [0.05, 0.1) is 41.1 Å². The summed E-state index contributed by atoms with van der Waals surface area (Å²) in [5, 5.41) is 8.36. The van der Waals surface area contributed by atoms with Crippen molar-refractivity contribution in [3.63, 3.8) is 0 Å². The normalized spacial score (nSPS) is 11.9. The molecule has 1 N–H and O–H groups in total. The minimum absolute atomic E-state index is 0.183. The number of hydrogen-bond acceptors (Lipinski definition) is 4. The molecule has 0 aliphatic heterocycles. The molecule has 0 spiro atoms. The minimum atomic E-state index is -0.235. The van der Waals surface area contributed by atoms with Crippen LogP contribution in [0.5, 0.6) is 0 Å². The lowest BCUT2D eigenvalue weighted by Gasteiger charge is -2.14. The Hall–Kier alpha value is -4.32. The van der Waals surface area contributed by atoms with Gasteiger partial charge in [-0.2, -0.15) is 5.10 Å². The Labute approximate surface area is 192 Å². The maximum Gasteiger partial charge on any atom is 0.252 e. The molecule has 0 bridgehead atoms. The van der Waals surface area contributed by atoms with E-state index in [1.807, 2.05) is 84.4 Å². The third kappa shape index (κ3) is 4.36. The van der Waals surface area contributed by atoms with Gasteiger partial charge in [0.25, 0.3) is 5.91 Å². The fourth-order valence-corrected chi connectivity index (χ4v) is 3.84. The minimum Gasteiger partial charge on any atom is -0.344 e. The number of carbonyl (C=O) groups is 1. The molecule has 1 unspecified atom stereocenters. The second-order valence-electron chi connectivity index (χ2n) is 7.90. The predicted molar refractivity (Wildman–Crippen MR) is 129 cm³/mol. The highest BCUT2D eigenvalue weighted by Gasteiger charge is 2.20. The van der Waals surface area contributed by atoms with E-state index in [1.54, 1.807) is 12.4 Å². The average Bonchev–Trinajstić information content (AvgIpc) is 3.27. The standard InChI is InChI=1S/C27H23N5O/c1-19(24-14-8-9-15-28-24)30-27(33)22-16-25(21-12-6-3-7-13-21)31-26-23(22)17-29-32(26)18-20-10-4-2-5-11-20/h2-17,19H,18H2,1H3,(H,30,33). The molecule has 0 aliphatic rings. The molecule has 1 atom stereocenters. The summed E-state index contributed by atoms with van der Waals surface area (Å²) in [7, 11) is 0. The molecule has 5 rings (SSSR count). The van der Waals surface area contributed by atoms with Gasteiger partial charge in [-0.25, -0.2) is 9.67 Å². The van der Waals surface area contributed by atoms with Crippen LogP contribution >= 0.6 is 0 Å². The number of nitrogens with one attached hydrogen (secondary N) is 1. The van der Waals surface area contributed by atoms with Crippen LogP contribution in [0.15, 0.2) is 97.3 Å². The fraction of sp³-hybridized carbons (Fsp3) is 0.111. The van der Waals surface area contributed by atoms with E-state index in [0.717, 1.165) is 27.9 Å². The highest BCUT2D eigenvalue weighted by molar-refractivity contribution is 6.06. The maximum absolute atomic E-state index is 13.4. The van der Waals surface area contributed by atoms with Gasteiger partial charge in [-0.1, -0.05) is 66.7 Å². The van der Waals surface area contributed by atoms with Crippen molar-refractivity contribution in [2.75, 3.05) is 0 Å². The highest BCUT2D eigenvalue weighted by atomic mass is 16.1. The van der Waals surface area contributed by atoms with Crippen molar-refractivity contribution in [3.8, 4) is 11.3 Å². The topological polar surface area (TPSA) is 72.7 Å². The van der Waals surface area contributed by atoms with E-state index in [1.165, 1.54) is 0 Å². The van der Waals surface area contributed by atoms with Crippen LogP contribution in [0.4, 0.5) is 0 Å². The Morgan fingerprint density at radius 2 is 1.70 bits per heavy atom. The molecule has 6 heteroatoms. The molecule has 33 heavy (non-hydrogen) atoms. The predicted octanol–water partition coefficient (Wildman–Crippen LogP) is 5.03. The lowest BCUT2D eigenvalue weighted by molar-refractivity contribution is 0.0940. The van der Waals surface area contributed by atoms with Gasteiger partial charge in [-0.05, 0) is 30.7 Å². The monoisotopic (exact) mass is 433 g/mol. The van der Waals surface area contributed by atoms with Gasteiger partial charge in [0.2, 0.25) is 0 Å². The van der Waals surface area contributed by atoms with Crippen LogP contribution in [0, 0.1) is 0 Å². The van der Waals surface area contributed by atoms with Crippen LogP contribution in [0.3, 0.4) is 0 Å². The van der Waals surface area contributed by atoms with Gasteiger partial charge >= 0.3 is 0 Å². The summed E-state index contributed by atoms with van der Waals surface area (Å²) >= 11 is 0. The molecule has 6 nitrogen and oxygen atoms in total. The molecule has 162 valence electrons. The first-order valence-corrected chi connectivity index (χ1v) is 10.9. The number of aromatic nitrogens is 4. The van der Waals surface area contributed by atoms with E-state index < -0.39 is 0 Å². The van der Waals surface area contributed by atoms with Crippen molar-refractivity contribution >= 4 is 16.9 Å². The summed E-state index contributed by atoms with van der Waals surface area (Å²) < 4.78 is 1.84. The highest BCUT2D eigenvalue weighted by Crippen LogP contribution is 2.26. The number of hydrogen-bond donors (Lipinski definition) is 1. The maximum atomic E-state index is 13.4. The van der Waals surface area contributed by atoms with Gasteiger partial charge in [-0.3, -0.25) is 9.78 Å². The first-order valence-electron chi connectivity index (χ1n) is 10.9. The summed E-state index contributed by atoms with van der Waals surface area (Å²) in [6.07, 6.45) is 3.45. The molecule has 3 aromatic heterocycles. The van der Waals surface area contributed by atoms with Crippen LogP contribution in [0.2, 0.25) is 0 Å². The van der Waals surface area contributed by atoms with Crippen molar-refractivity contribution < 1.29 is 4.79 Å². The van der Waals surface area contributed by atoms with Gasteiger partial charge < -0.3 is 5.32 Å². The third-order valence-corrected chi connectivity index (χ3v) is 5.58. The number of fused-ring (bicyclic) bond motifs is 1. The first kappa shape index (κ1) is 20.6. The van der Waals surface area contributed by atoms with E-state index in [4.69, 9.17) is 4.98 Å². The van der Waals surface area contributed by atoms with E-state index in [0.29, 0.717) is 17.8 Å². The number of benzene rings is 2. The first-order chi connectivity index (χ1) is 16.2. The van der Waals surface area contributed by atoms with Gasteiger partial charge in [-0.15, -0.1) is 0 Å². The zero-order valence-corrected chi connectivity index (χ0v) is 18.2. The van der Waals surface area contributed by atoms with Crippen LogP contribution in [-0.2, 0) is 6.54 Å². The molecule has 0 radical (unpaired) electrons. The van der Waals surface area contributed by atoms with Crippen molar-refractivity contribution in [1.29, 1.82) is 0 Å². The van der Waals surface area contributed by atoms with Crippen LogP contribution in [0.25, 0.3) is 22.3 Å².